The van der Waals surface area contributed by atoms with Crippen LogP contribution in [0, 0.1) is 13.8 Å². The molecule has 1 amide bonds. The number of anilines is 1. The summed E-state index contributed by atoms with van der Waals surface area (Å²) in [6, 6.07) is 7.10. The van der Waals surface area contributed by atoms with Crippen LogP contribution in [0.3, 0.4) is 0 Å². The van der Waals surface area contributed by atoms with Gasteiger partial charge in [-0.25, -0.2) is 10.1 Å². The van der Waals surface area contributed by atoms with E-state index in [2.05, 4.69) is 20.5 Å². The van der Waals surface area contributed by atoms with Gasteiger partial charge in [0.15, 0.2) is 5.13 Å². The van der Waals surface area contributed by atoms with Crippen LogP contribution in [0.25, 0.3) is 10.8 Å². The number of carbonyl (C=O) groups is 1. The molecular weight excluding hydrogens is 300 g/mol. The zero-order chi connectivity index (χ0) is 15.7. The van der Waals surface area contributed by atoms with Gasteiger partial charge in [-0.05, 0) is 19.9 Å². The second-order valence-electron chi connectivity index (χ2n) is 4.93. The molecule has 7 heteroatoms. The molecule has 0 aliphatic carbocycles. The van der Waals surface area contributed by atoms with Gasteiger partial charge in [-0.3, -0.25) is 9.59 Å². The second-order valence-corrected chi connectivity index (χ2v) is 6.13. The molecule has 0 saturated carbocycles. The van der Waals surface area contributed by atoms with Crippen LogP contribution in [0.15, 0.2) is 29.1 Å². The van der Waals surface area contributed by atoms with Crippen molar-refractivity contribution in [1.82, 2.24) is 15.2 Å². The highest BCUT2D eigenvalue weighted by Crippen LogP contribution is 2.21. The van der Waals surface area contributed by atoms with Crippen LogP contribution in [0.1, 0.15) is 16.3 Å². The molecule has 3 aromatic rings. The fraction of sp³-hybridized carbons (Fsp3) is 0.200. The maximum Gasteiger partial charge on any atom is 0.272 e. The number of benzene rings is 1. The lowest BCUT2D eigenvalue weighted by atomic mass is 10.1. The Bertz CT molecular complexity index is 894. The first-order chi connectivity index (χ1) is 10.5. The molecule has 0 fully saturated rings. The van der Waals surface area contributed by atoms with Gasteiger partial charge in [0.05, 0.1) is 23.2 Å². The standard InChI is InChI=1S/C15H14N4O2S/c1-8-9(2)22-15(16-8)17-13(20)7-12-10-5-3-4-6-11(10)14(21)19-18-12/h3-6H,7H2,1-2H3,(H,19,21)(H,16,17,20). The minimum atomic E-state index is -0.258. The van der Waals surface area contributed by atoms with Crippen LogP contribution < -0.4 is 10.9 Å². The van der Waals surface area contributed by atoms with Crippen LogP contribution in [-0.2, 0) is 11.2 Å². The molecule has 6 nitrogen and oxygen atoms in total. The first-order valence-corrected chi connectivity index (χ1v) is 7.56. The molecule has 0 bridgehead atoms. The van der Waals surface area contributed by atoms with Crippen molar-refractivity contribution < 1.29 is 4.79 Å². The van der Waals surface area contributed by atoms with Crippen LogP contribution >= 0.6 is 11.3 Å². The lowest BCUT2D eigenvalue weighted by Gasteiger charge is -2.04. The predicted octanol–water partition coefficient (Wildman–Crippen LogP) is 2.18. The summed E-state index contributed by atoms with van der Waals surface area (Å²) in [7, 11) is 0. The molecule has 0 aliphatic heterocycles. The van der Waals surface area contributed by atoms with Crippen molar-refractivity contribution in [2.45, 2.75) is 20.3 Å². The Morgan fingerprint density at radius 2 is 2.00 bits per heavy atom. The van der Waals surface area contributed by atoms with Crippen molar-refractivity contribution in [3.05, 3.63) is 50.9 Å². The molecular formula is C15H14N4O2S. The maximum absolute atomic E-state index is 12.2. The molecule has 1 aromatic carbocycles. The van der Waals surface area contributed by atoms with Crippen LogP contribution in [0.4, 0.5) is 5.13 Å². The third-order valence-electron chi connectivity index (χ3n) is 3.38. The number of aryl methyl sites for hydroxylation is 2. The normalized spacial score (nSPS) is 10.8. The molecule has 0 radical (unpaired) electrons. The number of thiazole rings is 1. The average molecular weight is 314 g/mol. The van der Waals surface area contributed by atoms with E-state index in [4.69, 9.17) is 0 Å². The Balaban J connectivity index is 1.85. The topological polar surface area (TPSA) is 87.7 Å². The Kier molecular flexibility index (Phi) is 3.72. The van der Waals surface area contributed by atoms with Gasteiger partial charge in [-0.1, -0.05) is 18.2 Å². The van der Waals surface area contributed by atoms with E-state index < -0.39 is 0 Å². The SMILES string of the molecule is Cc1nc(NC(=O)Cc2n[nH]c(=O)c3ccccc23)sc1C. The Labute approximate surface area is 130 Å². The van der Waals surface area contributed by atoms with Gasteiger partial charge in [0.2, 0.25) is 5.91 Å². The summed E-state index contributed by atoms with van der Waals surface area (Å²) < 4.78 is 0. The zero-order valence-corrected chi connectivity index (χ0v) is 13.0. The molecule has 112 valence electrons. The first-order valence-electron chi connectivity index (χ1n) is 6.75. The third-order valence-corrected chi connectivity index (χ3v) is 4.37. The summed E-state index contributed by atoms with van der Waals surface area (Å²) in [5, 5.41) is 11.0. The van der Waals surface area contributed by atoms with E-state index in [0.717, 1.165) is 10.6 Å². The van der Waals surface area contributed by atoms with Crippen molar-refractivity contribution in [2.75, 3.05) is 5.32 Å². The highest BCUT2D eigenvalue weighted by Gasteiger charge is 2.12. The van der Waals surface area contributed by atoms with Crippen molar-refractivity contribution in [3.63, 3.8) is 0 Å². The predicted molar refractivity (Wildman–Crippen MR) is 86.3 cm³/mol. The van der Waals surface area contributed by atoms with Crippen molar-refractivity contribution in [2.24, 2.45) is 0 Å². The number of fused-ring (bicyclic) bond motifs is 1. The van der Waals surface area contributed by atoms with Crippen LogP contribution in [0.2, 0.25) is 0 Å². The molecule has 0 atom stereocenters. The minimum absolute atomic E-state index is 0.0783. The highest BCUT2D eigenvalue weighted by molar-refractivity contribution is 7.15. The lowest BCUT2D eigenvalue weighted by molar-refractivity contribution is -0.115. The number of rotatable bonds is 3. The fourth-order valence-corrected chi connectivity index (χ4v) is 2.98. The van der Waals surface area contributed by atoms with E-state index in [1.54, 1.807) is 18.2 Å². The summed E-state index contributed by atoms with van der Waals surface area (Å²) in [5.74, 6) is -0.210. The number of H-pyrrole nitrogens is 1. The number of carbonyl (C=O) groups excluding carboxylic acids is 1. The number of aromatic amines is 1. The average Bonchev–Trinajstić information content (AvgIpc) is 2.80. The molecule has 2 heterocycles. The van der Waals surface area contributed by atoms with E-state index in [1.807, 2.05) is 19.9 Å². The molecule has 22 heavy (non-hydrogen) atoms. The number of aromatic nitrogens is 3. The van der Waals surface area contributed by atoms with Crippen LogP contribution in [0.5, 0.6) is 0 Å². The Morgan fingerprint density at radius 1 is 1.27 bits per heavy atom. The summed E-state index contributed by atoms with van der Waals surface area (Å²) in [4.78, 5) is 29.2. The molecule has 0 saturated heterocycles. The van der Waals surface area contributed by atoms with E-state index in [0.29, 0.717) is 21.6 Å². The van der Waals surface area contributed by atoms with Gasteiger partial charge in [0.1, 0.15) is 0 Å². The third kappa shape index (κ3) is 2.75. The van der Waals surface area contributed by atoms with E-state index in [9.17, 15) is 9.59 Å². The summed E-state index contributed by atoms with van der Waals surface area (Å²) in [5.41, 5.74) is 1.19. The Hall–Kier alpha value is -2.54. The monoisotopic (exact) mass is 314 g/mol. The molecule has 0 unspecified atom stereocenters. The van der Waals surface area contributed by atoms with Gasteiger partial charge >= 0.3 is 0 Å². The number of hydrogen-bond acceptors (Lipinski definition) is 5. The quantitative estimate of drug-likeness (QED) is 0.775. The largest absolute Gasteiger partial charge is 0.302 e. The summed E-state index contributed by atoms with van der Waals surface area (Å²) >= 11 is 1.44. The number of nitrogens with one attached hydrogen (secondary N) is 2. The van der Waals surface area contributed by atoms with E-state index in [-0.39, 0.29) is 17.9 Å². The lowest BCUT2D eigenvalue weighted by Crippen LogP contribution is -2.18. The van der Waals surface area contributed by atoms with Crippen LogP contribution in [-0.4, -0.2) is 21.1 Å². The number of hydrogen-bond donors (Lipinski definition) is 2. The zero-order valence-electron chi connectivity index (χ0n) is 12.1. The minimum Gasteiger partial charge on any atom is -0.302 e. The molecule has 3 rings (SSSR count). The Morgan fingerprint density at radius 3 is 2.68 bits per heavy atom. The van der Waals surface area contributed by atoms with E-state index in [1.165, 1.54) is 11.3 Å². The van der Waals surface area contributed by atoms with Gasteiger partial charge in [-0.15, -0.1) is 11.3 Å². The highest BCUT2D eigenvalue weighted by atomic mass is 32.1. The maximum atomic E-state index is 12.2. The van der Waals surface area contributed by atoms with Crippen molar-refractivity contribution in [1.29, 1.82) is 0 Å². The fourth-order valence-electron chi connectivity index (χ4n) is 2.15. The smallest absolute Gasteiger partial charge is 0.272 e. The van der Waals surface area contributed by atoms with Gasteiger partial charge in [0.25, 0.3) is 5.56 Å². The van der Waals surface area contributed by atoms with Gasteiger partial charge < -0.3 is 5.32 Å². The van der Waals surface area contributed by atoms with E-state index >= 15 is 0 Å². The molecule has 2 aromatic heterocycles. The van der Waals surface area contributed by atoms with Crippen molar-refractivity contribution in [3.8, 4) is 0 Å². The molecule has 0 aliphatic rings. The summed E-state index contributed by atoms with van der Waals surface area (Å²) in [6.45, 7) is 3.86. The summed E-state index contributed by atoms with van der Waals surface area (Å²) in [6.07, 6.45) is 0.0783. The number of nitrogens with zero attached hydrogens (tertiary/aromatic N) is 2. The number of amides is 1. The first kappa shape index (κ1) is 14.4. The molecule has 0 spiro atoms. The van der Waals surface area contributed by atoms with Gasteiger partial charge in [-0.2, -0.15) is 5.10 Å². The van der Waals surface area contributed by atoms with Crippen molar-refractivity contribution >= 4 is 33.1 Å². The molecule has 2 N–H and O–H groups in total. The second kappa shape index (κ2) is 5.69. The van der Waals surface area contributed by atoms with Gasteiger partial charge in [0, 0.05) is 10.3 Å².